The number of rotatable bonds is 5. The van der Waals surface area contributed by atoms with Crippen LogP contribution in [0, 0.1) is 0 Å². The lowest BCUT2D eigenvalue weighted by Crippen LogP contribution is -2.11. The molecule has 0 radical (unpaired) electrons. The predicted molar refractivity (Wildman–Crippen MR) is 210 cm³/mol. The van der Waals surface area contributed by atoms with Crippen LogP contribution in [-0.2, 0) is 0 Å². The average Bonchev–Trinajstić information content (AvgIpc) is 3.73. The van der Waals surface area contributed by atoms with Crippen molar-refractivity contribution < 1.29 is 4.42 Å². The SMILES string of the molecule is c1ccc(N(c2ccc(-c3ccc4ccccc4c3)cc2)c2ccc3oc4ccccc4c3c2)c(-c2ccc3c(c2)sc2ccccc23)c1. The second-order valence-electron chi connectivity index (χ2n) is 12.5. The van der Waals surface area contributed by atoms with Crippen molar-refractivity contribution in [1.29, 1.82) is 0 Å². The Labute approximate surface area is 287 Å². The van der Waals surface area contributed by atoms with Crippen LogP contribution in [0.1, 0.15) is 0 Å². The van der Waals surface area contributed by atoms with Crippen molar-refractivity contribution >= 4 is 81.3 Å². The van der Waals surface area contributed by atoms with Crippen molar-refractivity contribution in [3.05, 3.63) is 176 Å². The smallest absolute Gasteiger partial charge is 0.135 e. The Balaban J connectivity index is 1.15. The van der Waals surface area contributed by atoms with Gasteiger partial charge in [-0.15, -0.1) is 11.3 Å². The van der Waals surface area contributed by atoms with Gasteiger partial charge in [0.25, 0.3) is 0 Å². The fourth-order valence-electron chi connectivity index (χ4n) is 7.26. The molecule has 0 unspecified atom stereocenters. The summed E-state index contributed by atoms with van der Waals surface area (Å²) in [5.41, 5.74) is 9.85. The van der Waals surface area contributed by atoms with Crippen LogP contribution < -0.4 is 4.90 Å². The van der Waals surface area contributed by atoms with E-state index in [0.717, 1.165) is 39.0 Å². The molecular formula is C46H29NOS. The van der Waals surface area contributed by atoms with Gasteiger partial charge in [-0.05, 0) is 88.1 Å². The van der Waals surface area contributed by atoms with Crippen molar-refractivity contribution in [3.63, 3.8) is 0 Å². The molecule has 0 aliphatic carbocycles. The van der Waals surface area contributed by atoms with Gasteiger partial charge in [-0.25, -0.2) is 0 Å². The van der Waals surface area contributed by atoms with Crippen LogP contribution in [0.15, 0.2) is 180 Å². The molecule has 0 amide bonds. The molecule has 3 heteroatoms. The summed E-state index contributed by atoms with van der Waals surface area (Å²) >= 11 is 1.86. The zero-order valence-electron chi connectivity index (χ0n) is 26.5. The van der Waals surface area contributed by atoms with Gasteiger partial charge in [-0.3, -0.25) is 0 Å². The summed E-state index contributed by atoms with van der Waals surface area (Å²) in [5, 5.41) is 7.35. The van der Waals surface area contributed by atoms with Gasteiger partial charge in [0.05, 0.1) is 5.69 Å². The summed E-state index contributed by atoms with van der Waals surface area (Å²) < 4.78 is 8.85. The Bertz CT molecular complexity index is 2840. The fourth-order valence-corrected chi connectivity index (χ4v) is 8.40. The number of hydrogen-bond acceptors (Lipinski definition) is 3. The Morgan fingerprint density at radius 3 is 1.98 bits per heavy atom. The molecule has 0 spiro atoms. The van der Waals surface area contributed by atoms with E-state index < -0.39 is 0 Å². The van der Waals surface area contributed by atoms with Crippen LogP contribution >= 0.6 is 11.3 Å². The molecule has 0 aliphatic rings. The molecule has 49 heavy (non-hydrogen) atoms. The fraction of sp³-hybridized carbons (Fsp3) is 0. The zero-order valence-corrected chi connectivity index (χ0v) is 27.3. The minimum absolute atomic E-state index is 0.889. The van der Waals surface area contributed by atoms with E-state index in [2.05, 4.69) is 169 Å². The van der Waals surface area contributed by atoms with E-state index in [1.54, 1.807) is 0 Å². The van der Waals surface area contributed by atoms with Gasteiger partial charge in [0, 0.05) is 47.9 Å². The van der Waals surface area contributed by atoms with E-state index in [1.807, 2.05) is 23.5 Å². The van der Waals surface area contributed by atoms with Crippen LogP contribution in [-0.4, -0.2) is 0 Å². The molecule has 0 saturated carbocycles. The van der Waals surface area contributed by atoms with E-state index in [9.17, 15) is 0 Å². The zero-order chi connectivity index (χ0) is 32.3. The van der Waals surface area contributed by atoms with Crippen LogP contribution in [0.5, 0.6) is 0 Å². The topological polar surface area (TPSA) is 16.4 Å². The Morgan fingerprint density at radius 1 is 0.388 bits per heavy atom. The number of anilines is 3. The van der Waals surface area contributed by atoms with Gasteiger partial charge < -0.3 is 9.32 Å². The summed E-state index contributed by atoms with van der Waals surface area (Å²) in [4.78, 5) is 2.38. The van der Waals surface area contributed by atoms with Crippen LogP contribution in [0.4, 0.5) is 17.1 Å². The molecule has 2 aromatic heterocycles. The van der Waals surface area contributed by atoms with Crippen molar-refractivity contribution in [2.24, 2.45) is 0 Å². The lowest BCUT2D eigenvalue weighted by molar-refractivity contribution is 0.669. The first-order chi connectivity index (χ1) is 24.3. The van der Waals surface area contributed by atoms with Gasteiger partial charge in [0.15, 0.2) is 0 Å². The maximum absolute atomic E-state index is 6.24. The average molecular weight is 644 g/mol. The van der Waals surface area contributed by atoms with Gasteiger partial charge >= 0.3 is 0 Å². The minimum Gasteiger partial charge on any atom is -0.456 e. The normalized spacial score (nSPS) is 11.7. The molecule has 0 fully saturated rings. The molecule has 8 aromatic carbocycles. The second kappa shape index (κ2) is 11.2. The molecule has 10 rings (SSSR count). The number of fused-ring (bicyclic) bond motifs is 7. The maximum atomic E-state index is 6.24. The van der Waals surface area contributed by atoms with Crippen molar-refractivity contribution in [3.8, 4) is 22.3 Å². The Kier molecular flexibility index (Phi) is 6.39. The van der Waals surface area contributed by atoms with Crippen LogP contribution in [0.2, 0.25) is 0 Å². The van der Waals surface area contributed by atoms with E-state index in [0.29, 0.717) is 0 Å². The van der Waals surface area contributed by atoms with Crippen LogP contribution in [0.25, 0.3) is 75.1 Å². The lowest BCUT2D eigenvalue weighted by Gasteiger charge is -2.28. The van der Waals surface area contributed by atoms with E-state index >= 15 is 0 Å². The molecular weight excluding hydrogens is 615 g/mol. The predicted octanol–water partition coefficient (Wildman–Crippen LogP) is 13.9. The van der Waals surface area contributed by atoms with Crippen LogP contribution in [0.3, 0.4) is 0 Å². The van der Waals surface area contributed by atoms with Crippen molar-refractivity contribution in [2.45, 2.75) is 0 Å². The molecule has 0 saturated heterocycles. The Hall–Kier alpha value is -6.16. The summed E-state index contributed by atoms with van der Waals surface area (Å²) in [6.45, 7) is 0. The third-order valence-corrected chi connectivity index (χ3v) is 10.8. The highest BCUT2D eigenvalue weighted by Gasteiger charge is 2.19. The van der Waals surface area contributed by atoms with E-state index in [1.165, 1.54) is 53.2 Å². The maximum Gasteiger partial charge on any atom is 0.135 e. The highest BCUT2D eigenvalue weighted by atomic mass is 32.1. The molecule has 0 bridgehead atoms. The summed E-state index contributed by atoms with van der Waals surface area (Å²) in [6, 6.07) is 63.4. The first-order valence-electron chi connectivity index (χ1n) is 16.6. The van der Waals surface area contributed by atoms with Crippen molar-refractivity contribution in [2.75, 3.05) is 4.90 Å². The second-order valence-corrected chi connectivity index (χ2v) is 13.6. The number of hydrogen-bond donors (Lipinski definition) is 0. The molecule has 0 aliphatic heterocycles. The van der Waals surface area contributed by atoms with Gasteiger partial charge in [0.2, 0.25) is 0 Å². The first-order valence-corrected chi connectivity index (χ1v) is 17.4. The summed E-state index contributed by atoms with van der Waals surface area (Å²) in [5.74, 6) is 0. The summed E-state index contributed by atoms with van der Waals surface area (Å²) in [6.07, 6.45) is 0. The standard InChI is InChI=1S/C46H29NOS/c1-2-10-32-27-33(18-17-30(32)9-1)31-19-22-35(23-20-31)47(36-24-26-44-41(29-36)38-12-4-7-15-43(38)48-44)42-14-6-3-11-37(42)34-21-25-40-39-13-5-8-16-45(39)49-46(40)28-34/h1-29H. The molecule has 10 aromatic rings. The molecule has 2 nitrogen and oxygen atoms in total. The number of furan rings is 1. The largest absolute Gasteiger partial charge is 0.456 e. The highest BCUT2D eigenvalue weighted by molar-refractivity contribution is 7.25. The molecule has 230 valence electrons. The number of para-hydroxylation sites is 2. The van der Waals surface area contributed by atoms with Gasteiger partial charge in [-0.2, -0.15) is 0 Å². The lowest BCUT2D eigenvalue weighted by atomic mass is 9.99. The molecule has 2 heterocycles. The number of benzene rings is 8. The Morgan fingerprint density at radius 2 is 1.06 bits per heavy atom. The van der Waals surface area contributed by atoms with E-state index in [4.69, 9.17) is 4.42 Å². The highest BCUT2D eigenvalue weighted by Crippen LogP contribution is 2.44. The quantitative estimate of drug-likeness (QED) is 0.186. The third kappa shape index (κ3) is 4.70. The minimum atomic E-state index is 0.889. The monoisotopic (exact) mass is 643 g/mol. The van der Waals surface area contributed by atoms with Crippen molar-refractivity contribution in [1.82, 2.24) is 0 Å². The third-order valence-electron chi connectivity index (χ3n) is 9.66. The summed E-state index contributed by atoms with van der Waals surface area (Å²) in [7, 11) is 0. The molecule has 0 N–H and O–H groups in total. The van der Waals surface area contributed by atoms with Gasteiger partial charge in [0.1, 0.15) is 11.2 Å². The number of nitrogens with zero attached hydrogens (tertiary/aromatic N) is 1. The molecule has 0 atom stereocenters. The first kappa shape index (κ1) is 27.9. The number of thiophene rings is 1. The van der Waals surface area contributed by atoms with Gasteiger partial charge in [-0.1, -0.05) is 115 Å². The van der Waals surface area contributed by atoms with E-state index in [-0.39, 0.29) is 0 Å².